The predicted octanol–water partition coefficient (Wildman–Crippen LogP) is 5.61. The van der Waals surface area contributed by atoms with Gasteiger partial charge >= 0.3 is 0 Å². The van der Waals surface area contributed by atoms with Gasteiger partial charge < -0.3 is 0 Å². The fraction of sp³-hybridized carbons (Fsp3) is 0.211. The molecule has 0 spiro atoms. The van der Waals surface area contributed by atoms with Gasteiger partial charge in [0.25, 0.3) is 0 Å². The number of aryl methyl sites for hydroxylation is 1. The summed E-state index contributed by atoms with van der Waals surface area (Å²) in [6.45, 7) is 6.67. The van der Waals surface area contributed by atoms with E-state index in [2.05, 4.69) is 79.2 Å². The molecule has 1 nitrogen and oxygen atoms in total. The molecule has 0 atom stereocenters. The second-order valence-corrected chi connectivity index (χ2v) is 7.24. The summed E-state index contributed by atoms with van der Waals surface area (Å²) in [7, 11) is 0. The lowest BCUT2D eigenvalue weighted by Gasteiger charge is -2.35. The number of hydrogen-bond acceptors (Lipinski definition) is 1. The first-order valence-corrected chi connectivity index (χ1v) is 7.99. The SMILES string of the molecule is Cc1cc2c3c(cccc3n1)C(C)(C)c1cc(Br)ccc1-2. The highest BCUT2D eigenvalue weighted by atomic mass is 79.9. The standard InChI is InChI=1S/C19H16BrN/c1-11-9-14-13-8-7-12(20)10-16(13)19(2,3)15-5-4-6-17(21-11)18(14)15/h4-10H,1-3H3. The number of aromatic nitrogens is 1. The van der Waals surface area contributed by atoms with Crippen LogP contribution in [0.15, 0.2) is 46.9 Å². The Morgan fingerprint density at radius 3 is 2.57 bits per heavy atom. The maximum atomic E-state index is 4.73. The van der Waals surface area contributed by atoms with E-state index in [1.165, 1.54) is 27.6 Å². The highest BCUT2D eigenvalue weighted by molar-refractivity contribution is 9.10. The van der Waals surface area contributed by atoms with Gasteiger partial charge in [-0.15, -0.1) is 0 Å². The van der Waals surface area contributed by atoms with Gasteiger partial charge in [-0.2, -0.15) is 0 Å². The first-order valence-electron chi connectivity index (χ1n) is 7.20. The van der Waals surface area contributed by atoms with Crippen molar-refractivity contribution in [2.45, 2.75) is 26.2 Å². The minimum atomic E-state index is -0.0113. The van der Waals surface area contributed by atoms with Crippen molar-refractivity contribution in [2.24, 2.45) is 0 Å². The van der Waals surface area contributed by atoms with Crippen LogP contribution in [0.25, 0.3) is 22.0 Å². The highest BCUT2D eigenvalue weighted by Crippen LogP contribution is 2.48. The fourth-order valence-corrected chi connectivity index (χ4v) is 3.93. The van der Waals surface area contributed by atoms with Gasteiger partial charge in [-0.3, -0.25) is 4.98 Å². The maximum Gasteiger partial charge on any atom is 0.0714 e. The topological polar surface area (TPSA) is 12.9 Å². The van der Waals surface area contributed by atoms with Crippen LogP contribution in [-0.4, -0.2) is 4.98 Å². The second kappa shape index (κ2) is 4.17. The van der Waals surface area contributed by atoms with Gasteiger partial charge in [-0.1, -0.05) is 48.0 Å². The van der Waals surface area contributed by atoms with Crippen LogP contribution in [0.4, 0.5) is 0 Å². The number of halogens is 1. The molecule has 1 aromatic heterocycles. The largest absolute Gasteiger partial charge is 0.253 e. The molecule has 2 heteroatoms. The quantitative estimate of drug-likeness (QED) is 0.519. The zero-order valence-electron chi connectivity index (χ0n) is 12.4. The summed E-state index contributed by atoms with van der Waals surface area (Å²) >= 11 is 3.62. The normalized spacial score (nSPS) is 15.0. The van der Waals surface area contributed by atoms with E-state index < -0.39 is 0 Å². The van der Waals surface area contributed by atoms with E-state index in [1.807, 2.05) is 0 Å². The van der Waals surface area contributed by atoms with Crippen LogP contribution in [0, 0.1) is 6.92 Å². The number of benzene rings is 2. The molecule has 0 saturated carbocycles. The molecule has 0 unspecified atom stereocenters. The Balaban J connectivity index is 2.26. The molecule has 0 bridgehead atoms. The monoisotopic (exact) mass is 337 g/mol. The molecule has 3 aromatic rings. The number of rotatable bonds is 0. The lowest BCUT2D eigenvalue weighted by Crippen LogP contribution is -2.23. The Morgan fingerprint density at radius 1 is 0.952 bits per heavy atom. The molecule has 0 N–H and O–H groups in total. The maximum absolute atomic E-state index is 4.73. The minimum absolute atomic E-state index is 0.0113. The number of pyridine rings is 1. The van der Waals surface area contributed by atoms with E-state index in [0.717, 1.165) is 15.7 Å². The van der Waals surface area contributed by atoms with Crippen molar-refractivity contribution < 1.29 is 0 Å². The average molecular weight is 338 g/mol. The first kappa shape index (κ1) is 13.0. The second-order valence-electron chi connectivity index (χ2n) is 6.33. The summed E-state index contributed by atoms with van der Waals surface area (Å²) in [4.78, 5) is 4.73. The predicted molar refractivity (Wildman–Crippen MR) is 91.7 cm³/mol. The molecule has 0 fully saturated rings. The smallest absolute Gasteiger partial charge is 0.0714 e. The summed E-state index contributed by atoms with van der Waals surface area (Å²) in [5, 5.41) is 1.31. The molecule has 2 aromatic carbocycles. The van der Waals surface area contributed by atoms with E-state index in [-0.39, 0.29) is 5.41 Å². The highest BCUT2D eigenvalue weighted by Gasteiger charge is 2.33. The van der Waals surface area contributed by atoms with Gasteiger partial charge in [0, 0.05) is 21.0 Å². The van der Waals surface area contributed by atoms with Crippen LogP contribution in [0.5, 0.6) is 0 Å². The van der Waals surface area contributed by atoms with Gasteiger partial charge in [0.1, 0.15) is 0 Å². The van der Waals surface area contributed by atoms with Gasteiger partial charge in [-0.25, -0.2) is 0 Å². The molecule has 0 amide bonds. The summed E-state index contributed by atoms with van der Waals surface area (Å²) in [5.41, 5.74) is 7.55. The Labute approximate surface area is 133 Å². The van der Waals surface area contributed by atoms with Gasteiger partial charge in [0.2, 0.25) is 0 Å². The van der Waals surface area contributed by atoms with Crippen LogP contribution in [0.3, 0.4) is 0 Å². The van der Waals surface area contributed by atoms with E-state index >= 15 is 0 Å². The molecule has 0 aliphatic heterocycles. The van der Waals surface area contributed by atoms with Gasteiger partial charge in [0.15, 0.2) is 0 Å². The fourth-order valence-electron chi connectivity index (χ4n) is 3.57. The molecule has 1 aliphatic rings. The van der Waals surface area contributed by atoms with Gasteiger partial charge in [-0.05, 0) is 53.4 Å². The van der Waals surface area contributed by atoms with Crippen molar-refractivity contribution in [1.29, 1.82) is 0 Å². The van der Waals surface area contributed by atoms with E-state index in [9.17, 15) is 0 Å². The van der Waals surface area contributed by atoms with Crippen molar-refractivity contribution in [3.05, 3.63) is 63.8 Å². The number of hydrogen-bond donors (Lipinski definition) is 0. The van der Waals surface area contributed by atoms with Crippen LogP contribution in [0.1, 0.15) is 30.7 Å². The van der Waals surface area contributed by atoms with Crippen molar-refractivity contribution in [3.8, 4) is 11.1 Å². The Hall–Kier alpha value is -1.67. The molecule has 0 saturated heterocycles. The lowest BCUT2D eigenvalue weighted by molar-refractivity contribution is 0.644. The van der Waals surface area contributed by atoms with E-state index in [4.69, 9.17) is 4.98 Å². The molecular formula is C19H16BrN. The van der Waals surface area contributed by atoms with Crippen LogP contribution < -0.4 is 0 Å². The number of fused-ring (bicyclic) bond motifs is 2. The van der Waals surface area contributed by atoms with Crippen LogP contribution in [-0.2, 0) is 5.41 Å². The summed E-state index contributed by atoms with van der Waals surface area (Å²) in [6.07, 6.45) is 0. The third kappa shape index (κ3) is 1.72. The third-order valence-electron chi connectivity index (χ3n) is 4.58. The third-order valence-corrected chi connectivity index (χ3v) is 5.07. The summed E-state index contributed by atoms with van der Waals surface area (Å²) < 4.78 is 1.13. The number of nitrogens with zero attached hydrogens (tertiary/aromatic N) is 1. The average Bonchev–Trinajstić information content (AvgIpc) is 2.44. The molecular weight excluding hydrogens is 322 g/mol. The van der Waals surface area contributed by atoms with Crippen molar-refractivity contribution >= 4 is 26.8 Å². The summed E-state index contributed by atoms with van der Waals surface area (Å²) in [5.74, 6) is 0. The first-order chi connectivity index (χ1) is 9.98. The Kier molecular flexibility index (Phi) is 2.59. The Morgan fingerprint density at radius 2 is 1.76 bits per heavy atom. The van der Waals surface area contributed by atoms with E-state index in [0.29, 0.717) is 0 Å². The lowest BCUT2D eigenvalue weighted by atomic mass is 9.69. The molecule has 1 heterocycles. The van der Waals surface area contributed by atoms with E-state index in [1.54, 1.807) is 0 Å². The van der Waals surface area contributed by atoms with Crippen molar-refractivity contribution in [2.75, 3.05) is 0 Å². The van der Waals surface area contributed by atoms with Crippen LogP contribution >= 0.6 is 15.9 Å². The van der Waals surface area contributed by atoms with Crippen molar-refractivity contribution in [1.82, 2.24) is 4.98 Å². The molecule has 21 heavy (non-hydrogen) atoms. The minimum Gasteiger partial charge on any atom is -0.253 e. The molecule has 1 aliphatic carbocycles. The molecule has 0 radical (unpaired) electrons. The molecule has 4 rings (SSSR count). The van der Waals surface area contributed by atoms with Crippen LogP contribution in [0.2, 0.25) is 0 Å². The molecule has 104 valence electrons. The Bertz CT molecular complexity index is 893. The van der Waals surface area contributed by atoms with Gasteiger partial charge in [0.05, 0.1) is 5.52 Å². The summed E-state index contributed by atoms with van der Waals surface area (Å²) in [6, 6.07) is 15.3. The van der Waals surface area contributed by atoms with Crippen molar-refractivity contribution in [3.63, 3.8) is 0 Å². The zero-order chi connectivity index (χ0) is 14.8. The zero-order valence-corrected chi connectivity index (χ0v) is 14.0.